The van der Waals surface area contributed by atoms with Crippen LogP contribution in [0.15, 0.2) is 41.4 Å². The van der Waals surface area contributed by atoms with Gasteiger partial charge in [-0.15, -0.1) is 0 Å². The Bertz CT molecular complexity index is 690. The van der Waals surface area contributed by atoms with Gasteiger partial charge in [0, 0.05) is 6.21 Å². The van der Waals surface area contributed by atoms with Crippen molar-refractivity contribution in [1.29, 1.82) is 0 Å². The normalized spacial score (nSPS) is 11.2. The van der Waals surface area contributed by atoms with Gasteiger partial charge in [0.25, 0.3) is 0 Å². The summed E-state index contributed by atoms with van der Waals surface area (Å²) in [6, 6.07) is 12.1. The smallest absolute Gasteiger partial charge is 0.161 e. The Hall–Kier alpha value is -2.29. The average Bonchev–Trinajstić information content (AvgIpc) is 2.52. The maximum atomic E-state index is 5.77. The number of aryl methyl sites for hydroxylation is 2. The van der Waals surface area contributed by atoms with E-state index < -0.39 is 0 Å². The molecule has 0 radical (unpaired) electrons. The molecule has 0 fully saturated rings. The maximum Gasteiger partial charge on any atom is 0.161 e. The van der Waals surface area contributed by atoms with Crippen molar-refractivity contribution < 1.29 is 9.47 Å². The van der Waals surface area contributed by atoms with Crippen LogP contribution in [0.4, 0.5) is 5.69 Å². The number of aliphatic imine (C=N–C) groups is 1. The van der Waals surface area contributed by atoms with Gasteiger partial charge in [-0.05, 0) is 55.2 Å². The molecule has 122 valence electrons. The number of hydrogen-bond donors (Lipinski definition) is 0. The third-order valence-electron chi connectivity index (χ3n) is 3.46. The summed E-state index contributed by atoms with van der Waals surface area (Å²) in [6.07, 6.45) is 1.85. The SMILES string of the molecule is COc1cc(C=Nc2ccc(C)cc2C)ccc1OCC(C)C. The van der Waals surface area contributed by atoms with E-state index >= 15 is 0 Å². The summed E-state index contributed by atoms with van der Waals surface area (Å²) in [6.45, 7) is 9.07. The fraction of sp³-hybridized carbons (Fsp3) is 0.350. The zero-order valence-electron chi connectivity index (χ0n) is 14.6. The molecular weight excluding hydrogens is 286 g/mol. The van der Waals surface area contributed by atoms with E-state index in [0.717, 1.165) is 22.7 Å². The molecule has 0 saturated carbocycles. The Balaban J connectivity index is 2.18. The van der Waals surface area contributed by atoms with Gasteiger partial charge in [-0.3, -0.25) is 4.99 Å². The number of benzene rings is 2. The highest BCUT2D eigenvalue weighted by Gasteiger charge is 2.06. The van der Waals surface area contributed by atoms with Crippen molar-refractivity contribution in [3.8, 4) is 11.5 Å². The second-order valence-electron chi connectivity index (χ2n) is 6.16. The summed E-state index contributed by atoms with van der Waals surface area (Å²) in [5.41, 5.74) is 4.38. The highest BCUT2D eigenvalue weighted by molar-refractivity contribution is 5.83. The van der Waals surface area contributed by atoms with Crippen molar-refractivity contribution in [1.82, 2.24) is 0 Å². The number of methoxy groups -OCH3 is 1. The van der Waals surface area contributed by atoms with Gasteiger partial charge in [0.2, 0.25) is 0 Å². The molecule has 2 aromatic rings. The lowest BCUT2D eigenvalue weighted by Gasteiger charge is -2.12. The number of ether oxygens (including phenoxy) is 2. The molecule has 0 spiro atoms. The van der Waals surface area contributed by atoms with E-state index in [9.17, 15) is 0 Å². The molecule has 0 bridgehead atoms. The minimum atomic E-state index is 0.477. The molecule has 0 saturated heterocycles. The first-order valence-corrected chi connectivity index (χ1v) is 7.91. The molecule has 3 nitrogen and oxygen atoms in total. The molecule has 0 amide bonds. The van der Waals surface area contributed by atoms with Crippen molar-refractivity contribution in [2.45, 2.75) is 27.7 Å². The predicted molar refractivity (Wildman–Crippen MR) is 96.5 cm³/mol. The van der Waals surface area contributed by atoms with E-state index in [4.69, 9.17) is 9.47 Å². The van der Waals surface area contributed by atoms with Crippen LogP contribution in [0.1, 0.15) is 30.5 Å². The van der Waals surface area contributed by atoms with Gasteiger partial charge in [0.15, 0.2) is 11.5 Å². The van der Waals surface area contributed by atoms with E-state index in [2.05, 4.69) is 44.8 Å². The molecular formula is C20H25NO2. The molecule has 0 N–H and O–H groups in total. The van der Waals surface area contributed by atoms with Crippen molar-refractivity contribution in [2.24, 2.45) is 10.9 Å². The Morgan fingerprint density at radius 2 is 1.83 bits per heavy atom. The van der Waals surface area contributed by atoms with E-state index in [0.29, 0.717) is 12.5 Å². The Labute approximate surface area is 139 Å². The second kappa shape index (κ2) is 7.82. The van der Waals surface area contributed by atoms with E-state index in [1.807, 2.05) is 30.5 Å². The first-order valence-electron chi connectivity index (χ1n) is 7.91. The average molecular weight is 311 g/mol. The van der Waals surface area contributed by atoms with Crippen LogP contribution in [0.3, 0.4) is 0 Å². The molecule has 0 aromatic heterocycles. The van der Waals surface area contributed by atoms with Crippen molar-refractivity contribution >= 4 is 11.9 Å². The minimum absolute atomic E-state index is 0.477. The summed E-state index contributed by atoms with van der Waals surface area (Å²) >= 11 is 0. The lowest BCUT2D eigenvalue weighted by molar-refractivity contribution is 0.257. The van der Waals surface area contributed by atoms with Crippen LogP contribution < -0.4 is 9.47 Å². The van der Waals surface area contributed by atoms with Crippen LogP contribution in [0.5, 0.6) is 11.5 Å². The summed E-state index contributed by atoms with van der Waals surface area (Å²) in [5, 5.41) is 0. The van der Waals surface area contributed by atoms with Crippen LogP contribution in [0, 0.1) is 19.8 Å². The molecule has 0 aliphatic rings. The molecule has 0 heterocycles. The third kappa shape index (κ3) is 4.85. The van der Waals surface area contributed by atoms with Gasteiger partial charge in [-0.25, -0.2) is 0 Å². The number of rotatable bonds is 6. The summed E-state index contributed by atoms with van der Waals surface area (Å²) < 4.78 is 11.2. The zero-order valence-corrected chi connectivity index (χ0v) is 14.6. The first-order chi connectivity index (χ1) is 11.0. The van der Waals surface area contributed by atoms with Crippen LogP contribution in [0.25, 0.3) is 0 Å². The highest BCUT2D eigenvalue weighted by Crippen LogP contribution is 2.28. The lowest BCUT2D eigenvalue weighted by Crippen LogP contribution is -2.05. The Morgan fingerprint density at radius 1 is 1.04 bits per heavy atom. The molecule has 0 aliphatic carbocycles. The topological polar surface area (TPSA) is 30.8 Å². The van der Waals surface area contributed by atoms with Crippen LogP contribution in [-0.2, 0) is 0 Å². The van der Waals surface area contributed by atoms with Gasteiger partial charge < -0.3 is 9.47 Å². The Kier molecular flexibility index (Phi) is 5.80. The van der Waals surface area contributed by atoms with Crippen LogP contribution in [-0.4, -0.2) is 19.9 Å². The first kappa shape index (κ1) is 17.1. The standard InChI is InChI=1S/C20H25NO2/c1-14(2)13-23-19-9-7-17(11-20(19)22-5)12-21-18-8-6-15(3)10-16(18)4/h6-12,14H,13H2,1-5H3. The van der Waals surface area contributed by atoms with Crippen LogP contribution >= 0.6 is 0 Å². The summed E-state index contributed by atoms with van der Waals surface area (Å²) in [7, 11) is 1.66. The monoisotopic (exact) mass is 311 g/mol. The third-order valence-corrected chi connectivity index (χ3v) is 3.46. The fourth-order valence-corrected chi connectivity index (χ4v) is 2.23. The largest absolute Gasteiger partial charge is 0.493 e. The van der Waals surface area contributed by atoms with E-state index in [-0.39, 0.29) is 0 Å². The molecule has 23 heavy (non-hydrogen) atoms. The van der Waals surface area contributed by atoms with E-state index in [1.165, 1.54) is 11.1 Å². The summed E-state index contributed by atoms with van der Waals surface area (Å²) in [5.74, 6) is 1.98. The zero-order chi connectivity index (χ0) is 16.8. The van der Waals surface area contributed by atoms with Gasteiger partial charge in [-0.2, -0.15) is 0 Å². The molecule has 0 aliphatic heterocycles. The van der Waals surface area contributed by atoms with Gasteiger partial charge in [-0.1, -0.05) is 31.5 Å². The summed E-state index contributed by atoms with van der Waals surface area (Å²) in [4.78, 5) is 4.58. The van der Waals surface area contributed by atoms with Gasteiger partial charge in [0.05, 0.1) is 19.4 Å². The fourth-order valence-electron chi connectivity index (χ4n) is 2.23. The van der Waals surface area contributed by atoms with Crippen molar-refractivity contribution in [2.75, 3.05) is 13.7 Å². The number of nitrogens with zero attached hydrogens (tertiary/aromatic N) is 1. The Morgan fingerprint density at radius 3 is 2.48 bits per heavy atom. The maximum absolute atomic E-state index is 5.77. The van der Waals surface area contributed by atoms with Crippen molar-refractivity contribution in [3.05, 3.63) is 53.1 Å². The van der Waals surface area contributed by atoms with E-state index in [1.54, 1.807) is 7.11 Å². The quantitative estimate of drug-likeness (QED) is 0.695. The molecule has 0 unspecified atom stereocenters. The second-order valence-corrected chi connectivity index (χ2v) is 6.16. The minimum Gasteiger partial charge on any atom is -0.493 e. The van der Waals surface area contributed by atoms with Gasteiger partial charge >= 0.3 is 0 Å². The molecule has 0 atom stereocenters. The van der Waals surface area contributed by atoms with Gasteiger partial charge in [0.1, 0.15) is 0 Å². The molecule has 2 aromatic carbocycles. The highest BCUT2D eigenvalue weighted by atomic mass is 16.5. The molecule has 2 rings (SSSR count). The predicted octanol–water partition coefficient (Wildman–Crippen LogP) is 5.10. The van der Waals surface area contributed by atoms with Crippen LogP contribution in [0.2, 0.25) is 0 Å². The number of hydrogen-bond acceptors (Lipinski definition) is 3. The lowest BCUT2D eigenvalue weighted by atomic mass is 10.1. The van der Waals surface area contributed by atoms with Crippen molar-refractivity contribution in [3.63, 3.8) is 0 Å². The molecule has 3 heteroatoms.